The lowest BCUT2D eigenvalue weighted by atomic mass is 9.64. The quantitative estimate of drug-likeness (QED) is 0.271. The Hall–Kier alpha value is -3.41. The number of rotatable bonds is 10. The Morgan fingerprint density at radius 2 is 1.66 bits per heavy atom. The number of aromatic nitrogens is 2. The lowest BCUT2D eigenvalue weighted by molar-refractivity contribution is -0.703. The number of ether oxygens (including phenoxy) is 1. The second-order valence-electron chi connectivity index (χ2n) is 9.55. The van der Waals surface area contributed by atoms with Crippen molar-refractivity contribution in [2.24, 2.45) is 11.7 Å². The van der Waals surface area contributed by atoms with Gasteiger partial charge in [-0.1, -0.05) is 60.7 Å². The molecule has 2 aromatic carbocycles. The van der Waals surface area contributed by atoms with Crippen LogP contribution in [0.15, 0.2) is 73.1 Å². The molecule has 1 amide bonds. The van der Waals surface area contributed by atoms with Gasteiger partial charge < -0.3 is 10.5 Å². The Morgan fingerprint density at radius 3 is 2.23 bits per heavy atom. The molecule has 1 aromatic heterocycles. The van der Waals surface area contributed by atoms with E-state index in [4.69, 9.17) is 10.5 Å². The van der Waals surface area contributed by atoms with Crippen molar-refractivity contribution < 1.29 is 18.9 Å². The first-order chi connectivity index (χ1) is 17.0. The minimum atomic E-state index is -0.859. The van der Waals surface area contributed by atoms with Crippen molar-refractivity contribution in [3.05, 3.63) is 90.0 Å². The fourth-order valence-electron chi connectivity index (χ4n) is 5.92. The molecule has 3 aromatic rings. The number of amides is 1. The van der Waals surface area contributed by atoms with E-state index in [-0.39, 0.29) is 17.8 Å². The van der Waals surface area contributed by atoms with Gasteiger partial charge in [0.2, 0.25) is 5.91 Å². The summed E-state index contributed by atoms with van der Waals surface area (Å²) in [7, 11) is 1.43. The van der Waals surface area contributed by atoms with Gasteiger partial charge in [-0.3, -0.25) is 9.59 Å². The first-order valence-electron chi connectivity index (χ1n) is 12.5. The molecule has 1 aliphatic carbocycles. The van der Waals surface area contributed by atoms with Gasteiger partial charge in [0.25, 0.3) is 5.82 Å². The largest absolute Gasteiger partial charge is 0.469 e. The molecule has 0 spiro atoms. The summed E-state index contributed by atoms with van der Waals surface area (Å²) in [5, 5.41) is 0. The van der Waals surface area contributed by atoms with Crippen molar-refractivity contribution in [2.45, 2.75) is 63.5 Å². The maximum atomic E-state index is 13.3. The predicted octanol–water partition coefficient (Wildman–Crippen LogP) is 4.24. The van der Waals surface area contributed by atoms with E-state index in [1.165, 1.54) is 12.9 Å². The molecule has 0 aliphatic heterocycles. The highest BCUT2D eigenvalue weighted by Crippen LogP contribution is 2.49. The van der Waals surface area contributed by atoms with Gasteiger partial charge >= 0.3 is 5.97 Å². The number of carbonyl (C=O) groups excluding carboxylic acids is 2. The number of aryl methyl sites for hydroxylation is 1. The summed E-state index contributed by atoms with van der Waals surface area (Å²) in [5.41, 5.74) is 7.33. The third-order valence-electron chi connectivity index (χ3n) is 7.71. The highest BCUT2D eigenvalue weighted by Gasteiger charge is 2.51. The van der Waals surface area contributed by atoms with Crippen LogP contribution < -0.4 is 10.3 Å². The highest BCUT2D eigenvalue weighted by molar-refractivity contribution is 5.91. The molecule has 35 heavy (non-hydrogen) atoms. The molecule has 1 saturated carbocycles. The van der Waals surface area contributed by atoms with Crippen molar-refractivity contribution in [3.63, 3.8) is 0 Å². The molecule has 0 unspecified atom stereocenters. The smallest absolute Gasteiger partial charge is 0.305 e. The minimum absolute atomic E-state index is 0.102. The van der Waals surface area contributed by atoms with E-state index in [1.807, 2.05) is 60.7 Å². The molecule has 6 nitrogen and oxygen atoms in total. The molecular weight excluding hydrogens is 438 g/mol. The first kappa shape index (κ1) is 24.7. The third kappa shape index (κ3) is 4.88. The molecule has 1 aliphatic rings. The van der Waals surface area contributed by atoms with Gasteiger partial charge in [-0.05, 0) is 49.1 Å². The Kier molecular flexibility index (Phi) is 7.69. The number of benzene rings is 2. The Bertz CT molecular complexity index is 1100. The monoisotopic (exact) mass is 474 g/mol. The lowest BCUT2D eigenvalue weighted by Crippen LogP contribution is -2.47. The van der Waals surface area contributed by atoms with Crippen LogP contribution in [0.25, 0.3) is 0 Å². The van der Waals surface area contributed by atoms with Gasteiger partial charge in [0.05, 0.1) is 13.7 Å². The number of carbonyl (C=O) groups is 2. The summed E-state index contributed by atoms with van der Waals surface area (Å²) in [4.78, 5) is 24.7. The Balaban J connectivity index is 1.57. The summed E-state index contributed by atoms with van der Waals surface area (Å²) >= 11 is 0. The van der Waals surface area contributed by atoms with Crippen LogP contribution in [0.3, 0.4) is 0 Å². The molecule has 184 valence electrons. The maximum Gasteiger partial charge on any atom is 0.305 e. The summed E-state index contributed by atoms with van der Waals surface area (Å²) in [6, 6.07) is 20.4. The number of esters is 1. The highest BCUT2D eigenvalue weighted by atomic mass is 16.5. The molecule has 4 rings (SSSR count). The summed E-state index contributed by atoms with van der Waals surface area (Å²) < 4.78 is 9.33. The van der Waals surface area contributed by atoms with Gasteiger partial charge in [-0.2, -0.15) is 0 Å². The van der Waals surface area contributed by atoms with Crippen molar-refractivity contribution >= 4 is 11.9 Å². The topological polar surface area (TPSA) is 78.2 Å². The van der Waals surface area contributed by atoms with E-state index in [0.717, 1.165) is 49.8 Å². The van der Waals surface area contributed by atoms with Crippen LogP contribution >= 0.6 is 0 Å². The van der Waals surface area contributed by atoms with Crippen molar-refractivity contribution in [1.82, 2.24) is 4.57 Å². The van der Waals surface area contributed by atoms with Crippen molar-refractivity contribution in [3.8, 4) is 0 Å². The number of methoxy groups -OCH3 is 1. The van der Waals surface area contributed by atoms with Gasteiger partial charge in [-0.25, -0.2) is 9.13 Å². The fourth-order valence-corrected chi connectivity index (χ4v) is 5.92. The summed E-state index contributed by atoms with van der Waals surface area (Å²) in [6.07, 6.45) is 9.26. The van der Waals surface area contributed by atoms with Crippen LogP contribution in [-0.4, -0.2) is 23.6 Å². The second-order valence-corrected chi connectivity index (χ2v) is 9.55. The molecule has 0 saturated heterocycles. The zero-order valence-corrected chi connectivity index (χ0v) is 20.7. The van der Waals surface area contributed by atoms with E-state index in [0.29, 0.717) is 12.5 Å². The van der Waals surface area contributed by atoms with E-state index in [2.05, 4.69) is 28.5 Å². The molecule has 2 atom stereocenters. The fraction of sp³-hybridized carbons (Fsp3) is 0.414. The van der Waals surface area contributed by atoms with Crippen LogP contribution in [0, 0.1) is 12.8 Å². The zero-order valence-electron chi connectivity index (χ0n) is 20.7. The van der Waals surface area contributed by atoms with Crippen LogP contribution in [0.5, 0.6) is 0 Å². The maximum absolute atomic E-state index is 13.3. The minimum Gasteiger partial charge on any atom is -0.469 e. The molecule has 1 fully saturated rings. The number of primary amides is 1. The molecular formula is C29H36N3O3+. The molecule has 1 heterocycles. The number of nitrogens with zero attached hydrogens (tertiary/aromatic N) is 2. The summed E-state index contributed by atoms with van der Waals surface area (Å²) in [5.74, 6) is 0.851. The van der Waals surface area contributed by atoms with Crippen LogP contribution in [-0.2, 0) is 26.3 Å². The molecule has 0 bridgehead atoms. The molecule has 6 heteroatoms. The lowest BCUT2D eigenvalue weighted by Gasteiger charge is -2.37. The third-order valence-corrected chi connectivity index (χ3v) is 7.71. The zero-order chi connectivity index (χ0) is 24.8. The van der Waals surface area contributed by atoms with Crippen LogP contribution in [0.2, 0.25) is 0 Å². The number of hydrogen-bond acceptors (Lipinski definition) is 3. The predicted molar refractivity (Wildman–Crippen MR) is 134 cm³/mol. The number of nitrogens with two attached hydrogens (primary N) is 1. The van der Waals surface area contributed by atoms with Crippen molar-refractivity contribution in [1.29, 1.82) is 0 Å². The average Bonchev–Trinajstić information content (AvgIpc) is 3.50. The first-order valence-corrected chi connectivity index (χ1v) is 12.5. The average molecular weight is 475 g/mol. The SMILES string of the molecule is COC(=O)CCCC[n+]1ccn([C@H]2CC[C@@H](C(C(N)=O)(c3ccccc3)c3ccccc3)C2)c1C. The second kappa shape index (κ2) is 10.9. The number of imidazole rings is 1. The van der Waals surface area contributed by atoms with E-state index in [1.54, 1.807) is 0 Å². The van der Waals surface area contributed by atoms with E-state index < -0.39 is 5.41 Å². The van der Waals surface area contributed by atoms with Gasteiger partial charge in [0.15, 0.2) is 0 Å². The van der Waals surface area contributed by atoms with Crippen molar-refractivity contribution in [2.75, 3.05) is 7.11 Å². The summed E-state index contributed by atoms with van der Waals surface area (Å²) in [6.45, 7) is 3.01. The normalized spacial score (nSPS) is 17.9. The Labute approximate surface area is 207 Å². The Morgan fingerprint density at radius 1 is 1.03 bits per heavy atom. The van der Waals surface area contributed by atoms with Crippen LogP contribution in [0.4, 0.5) is 0 Å². The number of hydrogen-bond donors (Lipinski definition) is 1. The van der Waals surface area contributed by atoms with E-state index >= 15 is 0 Å². The molecule has 0 radical (unpaired) electrons. The standard InChI is InChI=1S/C29H35N3O3/c1-22-31(18-10-9-15-27(33)35-2)19-20-32(22)26-17-16-25(21-26)29(28(30)34,23-11-5-3-6-12-23)24-13-7-4-8-14-24/h3-8,11-14,19-20,25-26H,9-10,15-18,21H2,1-2H3,(H-,30,34)/p+1/t25-,26+/m1/s1. The molecule has 2 N–H and O–H groups in total. The van der Waals surface area contributed by atoms with Gasteiger partial charge in [0.1, 0.15) is 23.9 Å². The van der Waals surface area contributed by atoms with Crippen LogP contribution in [0.1, 0.15) is 61.5 Å². The van der Waals surface area contributed by atoms with E-state index in [9.17, 15) is 9.59 Å². The van der Waals surface area contributed by atoms with Gasteiger partial charge in [0, 0.05) is 13.3 Å². The number of unbranched alkanes of at least 4 members (excludes halogenated alkanes) is 1. The van der Waals surface area contributed by atoms with Gasteiger partial charge in [-0.15, -0.1) is 0 Å².